The van der Waals surface area contributed by atoms with Crippen LogP contribution in [0.3, 0.4) is 0 Å². The molecule has 0 fully saturated rings. The van der Waals surface area contributed by atoms with Crippen molar-refractivity contribution >= 4 is 11.8 Å². The molecular weight excluding hydrogens is 379 g/mol. The second kappa shape index (κ2) is 9.74. The normalized spacial score (nSPS) is 16.1. The Balaban J connectivity index is 3.16. The Labute approximate surface area is 161 Å². The van der Waals surface area contributed by atoms with Crippen LogP contribution in [0.25, 0.3) is 0 Å². The minimum Gasteiger partial charge on any atom is -0.497 e. The van der Waals surface area contributed by atoms with Gasteiger partial charge in [-0.3, -0.25) is 9.59 Å². The predicted molar refractivity (Wildman–Crippen MR) is 96.4 cm³/mol. The number of rotatable bonds is 8. The summed E-state index contributed by atoms with van der Waals surface area (Å²) in [5.41, 5.74) is 5.83. The Morgan fingerprint density at radius 1 is 1.07 bits per heavy atom. The van der Waals surface area contributed by atoms with Crippen molar-refractivity contribution in [1.29, 1.82) is 0 Å². The minimum atomic E-state index is -4.91. The number of aliphatic hydroxyl groups excluding tert-OH is 1. The molecule has 0 spiro atoms. The maximum atomic E-state index is 12.9. The lowest BCUT2D eigenvalue weighted by molar-refractivity contribution is -0.215. The summed E-state index contributed by atoms with van der Waals surface area (Å²) in [5, 5.41) is 14.2. The molecule has 0 heterocycles. The summed E-state index contributed by atoms with van der Waals surface area (Å²) in [4.78, 5) is 24.7. The Bertz CT molecular complexity index is 663. The Kier molecular flexibility index (Phi) is 8.25. The zero-order valence-electron chi connectivity index (χ0n) is 16.1. The van der Waals surface area contributed by atoms with Crippen LogP contribution in [0.2, 0.25) is 0 Å². The predicted octanol–water partition coefficient (Wildman–Crippen LogP) is 1.26. The molecule has 1 aromatic carbocycles. The molecule has 2 amide bonds. The molecule has 28 heavy (non-hydrogen) atoms. The van der Waals surface area contributed by atoms with E-state index in [-0.39, 0.29) is 0 Å². The molecule has 0 bridgehead atoms. The molecule has 0 aromatic heterocycles. The van der Waals surface area contributed by atoms with E-state index in [2.05, 4.69) is 10.6 Å². The molecule has 0 saturated carbocycles. The third-order valence-electron chi connectivity index (χ3n) is 4.11. The van der Waals surface area contributed by atoms with Crippen LogP contribution in [0.5, 0.6) is 5.75 Å². The largest absolute Gasteiger partial charge is 0.497 e. The fourth-order valence-electron chi connectivity index (χ4n) is 2.43. The number of ether oxygens (including phenoxy) is 1. The number of carbonyl (C=O) groups is 2. The van der Waals surface area contributed by atoms with Gasteiger partial charge in [-0.1, -0.05) is 26.0 Å². The van der Waals surface area contributed by atoms with Gasteiger partial charge in [-0.15, -0.1) is 0 Å². The number of halogens is 3. The number of nitrogens with two attached hydrogens (primary N) is 1. The van der Waals surface area contributed by atoms with Gasteiger partial charge >= 0.3 is 6.18 Å². The summed E-state index contributed by atoms with van der Waals surface area (Å²) in [7, 11) is 1.45. The minimum absolute atomic E-state index is 0.316. The lowest BCUT2D eigenvalue weighted by Gasteiger charge is -2.30. The second-order valence-corrected chi connectivity index (χ2v) is 6.77. The van der Waals surface area contributed by atoms with Gasteiger partial charge in [0, 0.05) is 0 Å². The van der Waals surface area contributed by atoms with E-state index in [0.717, 1.165) is 0 Å². The molecule has 0 aliphatic carbocycles. The first kappa shape index (κ1) is 23.7. The number of amides is 2. The van der Waals surface area contributed by atoms with Gasteiger partial charge in [0.1, 0.15) is 11.8 Å². The molecule has 10 heteroatoms. The Morgan fingerprint density at radius 2 is 1.61 bits per heavy atom. The molecule has 0 aliphatic heterocycles. The van der Waals surface area contributed by atoms with Gasteiger partial charge in [0.25, 0.3) is 0 Å². The Morgan fingerprint density at radius 3 is 2.00 bits per heavy atom. The van der Waals surface area contributed by atoms with Gasteiger partial charge in [0.05, 0.1) is 19.2 Å². The number of benzene rings is 1. The van der Waals surface area contributed by atoms with E-state index in [9.17, 15) is 27.9 Å². The number of nitrogens with one attached hydrogen (secondary N) is 2. The highest BCUT2D eigenvalue weighted by Crippen LogP contribution is 2.26. The van der Waals surface area contributed by atoms with Crippen LogP contribution in [0.15, 0.2) is 24.3 Å². The zero-order chi connectivity index (χ0) is 21.6. The Hall–Kier alpha value is -2.33. The number of aliphatic hydroxyl groups is 1. The van der Waals surface area contributed by atoms with Crippen molar-refractivity contribution < 1.29 is 32.6 Å². The first-order chi connectivity index (χ1) is 12.9. The third-order valence-corrected chi connectivity index (χ3v) is 4.11. The number of carbonyl (C=O) groups excluding carboxylic acids is 2. The summed E-state index contributed by atoms with van der Waals surface area (Å²) in [5.74, 6) is -1.79. The van der Waals surface area contributed by atoms with E-state index in [1.54, 1.807) is 0 Å². The topological polar surface area (TPSA) is 114 Å². The van der Waals surface area contributed by atoms with Gasteiger partial charge in [0.15, 0.2) is 6.10 Å². The van der Waals surface area contributed by atoms with Crippen LogP contribution in [-0.4, -0.2) is 48.4 Å². The van der Waals surface area contributed by atoms with E-state index >= 15 is 0 Å². The highest BCUT2D eigenvalue weighted by Gasteiger charge is 2.45. The molecular formula is C18H26F3N3O4. The molecule has 4 unspecified atom stereocenters. The number of hydrogen-bond donors (Lipinski definition) is 4. The van der Waals surface area contributed by atoms with Crippen LogP contribution < -0.4 is 21.1 Å². The van der Waals surface area contributed by atoms with E-state index in [4.69, 9.17) is 10.5 Å². The van der Waals surface area contributed by atoms with E-state index in [1.807, 2.05) is 0 Å². The van der Waals surface area contributed by atoms with Crippen LogP contribution in [0.4, 0.5) is 13.2 Å². The SMILES string of the molecule is COc1ccc(C(NC(=O)C(C)N)C(=O)NC(C(C)C)C(O)C(F)(F)F)cc1. The fourth-order valence-corrected chi connectivity index (χ4v) is 2.43. The second-order valence-electron chi connectivity index (χ2n) is 6.77. The van der Waals surface area contributed by atoms with Crippen molar-refractivity contribution in [3.05, 3.63) is 29.8 Å². The molecule has 0 saturated heterocycles. The average Bonchev–Trinajstić information content (AvgIpc) is 2.62. The summed E-state index contributed by atoms with van der Waals surface area (Å²) < 4.78 is 43.8. The van der Waals surface area contributed by atoms with Crippen LogP contribution in [0.1, 0.15) is 32.4 Å². The fraction of sp³-hybridized carbons (Fsp3) is 0.556. The molecule has 7 nitrogen and oxygen atoms in total. The highest BCUT2D eigenvalue weighted by atomic mass is 19.4. The van der Waals surface area contributed by atoms with Crippen LogP contribution in [-0.2, 0) is 9.59 Å². The maximum absolute atomic E-state index is 12.9. The standard InChI is InChI=1S/C18H26F3N3O4/c1-9(2)13(15(25)18(19,20)21)23-17(27)14(24-16(26)10(3)22)11-5-7-12(28-4)8-6-11/h5-10,13-15,25H,22H2,1-4H3,(H,23,27)(H,24,26). The summed E-state index contributed by atoms with van der Waals surface area (Å²) in [6.45, 7) is 4.27. The lowest BCUT2D eigenvalue weighted by atomic mass is 9.96. The van der Waals surface area contributed by atoms with Crippen LogP contribution in [0, 0.1) is 5.92 Å². The molecule has 0 aliphatic rings. The summed E-state index contributed by atoms with van der Waals surface area (Å²) in [6, 6.07) is 2.24. The third kappa shape index (κ3) is 6.38. The number of alkyl halides is 3. The summed E-state index contributed by atoms with van der Waals surface area (Å²) in [6.07, 6.45) is -7.66. The molecule has 1 rings (SSSR count). The van der Waals surface area contributed by atoms with Gasteiger partial charge in [-0.05, 0) is 30.5 Å². The van der Waals surface area contributed by atoms with Crippen molar-refractivity contribution in [2.24, 2.45) is 11.7 Å². The first-order valence-electron chi connectivity index (χ1n) is 8.63. The van der Waals surface area contributed by atoms with Crippen LogP contribution >= 0.6 is 0 Å². The van der Waals surface area contributed by atoms with Crippen molar-refractivity contribution in [1.82, 2.24) is 10.6 Å². The molecule has 5 N–H and O–H groups in total. The molecule has 158 valence electrons. The first-order valence-corrected chi connectivity index (χ1v) is 8.63. The molecule has 0 radical (unpaired) electrons. The van der Waals surface area contributed by atoms with E-state index in [0.29, 0.717) is 11.3 Å². The van der Waals surface area contributed by atoms with Crippen molar-refractivity contribution in [3.63, 3.8) is 0 Å². The average molecular weight is 405 g/mol. The maximum Gasteiger partial charge on any atom is 0.416 e. The monoisotopic (exact) mass is 405 g/mol. The lowest BCUT2D eigenvalue weighted by Crippen LogP contribution is -2.55. The van der Waals surface area contributed by atoms with Crippen molar-refractivity contribution in [3.8, 4) is 5.75 Å². The number of methoxy groups -OCH3 is 1. The quantitative estimate of drug-likeness (QED) is 0.520. The van der Waals surface area contributed by atoms with Crippen molar-refractivity contribution in [2.45, 2.75) is 51.2 Å². The smallest absolute Gasteiger partial charge is 0.416 e. The highest BCUT2D eigenvalue weighted by molar-refractivity contribution is 5.90. The van der Waals surface area contributed by atoms with Gasteiger partial charge in [-0.2, -0.15) is 13.2 Å². The van der Waals surface area contributed by atoms with Crippen molar-refractivity contribution in [2.75, 3.05) is 7.11 Å². The molecule has 4 atom stereocenters. The zero-order valence-corrected chi connectivity index (χ0v) is 16.1. The van der Waals surface area contributed by atoms with Gasteiger partial charge < -0.3 is 26.2 Å². The molecule has 1 aromatic rings. The van der Waals surface area contributed by atoms with E-state index < -0.39 is 48.1 Å². The van der Waals surface area contributed by atoms with Gasteiger partial charge in [-0.25, -0.2) is 0 Å². The summed E-state index contributed by atoms with van der Waals surface area (Å²) >= 11 is 0. The van der Waals surface area contributed by atoms with E-state index in [1.165, 1.54) is 52.1 Å². The van der Waals surface area contributed by atoms with Gasteiger partial charge in [0.2, 0.25) is 11.8 Å². The number of hydrogen-bond acceptors (Lipinski definition) is 5.